The second kappa shape index (κ2) is 10.1. The number of fused-ring (bicyclic) bond motifs is 1. The molecule has 10 heteroatoms. The number of methoxy groups -OCH3 is 2. The lowest BCUT2D eigenvalue weighted by Gasteiger charge is -2.24. The number of phenols is 1. The van der Waals surface area contributed by atoms with E-state index in [1.54, 1.807) is 25.1 Å². The van der Waals surface area contributed by atoms with E-state index in [0.29, 0.717) is 22.3 Å². The molecule has 4 aromatic rings. The minimum atomic E-state index is -1.11. The smallest absolute Gasteiger partial charge is 0.302 e. The number of amides is 1. The molecule has 0 bridgehead atoms. The van der Waals surface area contributed by atoms with E-state index in [1.165, 1.54) is 37.3 Å². The zero-order valence-corrected chi connectivity index (χ0v) is 21.8. The van der Waals surface area contributed by atoms with Crippen LogP contribution in [0.5, 0.6) is 23.0 Å². The van der Waals surface area contributed by atoms with Gasteiger partial charge in [0.25, 0.3) is 5.78 Å². The van der Waals surface area contributed by atoms with Crippen molar-refractivity contribution in [1.29, 1.82) is 0 Å². The second-order valence-corrected chi connectivity index (χ2v) is 8.98. The topological polar surface area (TPSA) is 134 Å². The van der Waals surface area contributed by atoms with E-state index in [9.17, 15) is 19.8 Å². The van der Waals surface area contributed by atoms with Crippen molar-refractivity contribution in [2.45, 2.75) is 19.9 Å². The predicted octanol–water partition coefficient (Wildman–Crippen LogP) is 4.62. The number of aliphatic hydroxyl groups excluding tert-OH is 1. The Balaban J connectivity index is 1.77. The number of nitrogens with zero attached hydrogens (tertiary/aromatic N) is 2. The molecule has 1 amide bonds. The van der Waals surface area contributed by atoms with Gasteiger partial charge in [-0.1, -0.05) is 12.1 Å². The maximum absolute atomic E-state index is 13.6. The molecule has 39 heavy (non-hydrogen) atoms. The van der Waals surface area contributed by atoms with Crippen LogP contribution in [0.3, 0.4) is 0 Å². The standard InChI is InChI=1S/C29H27N3O7/c1-5-39-23-13-16(7-10-21(23)33)25-24(26(34)18-14-17(37-3)8-11-22(18)38-4)27(35)28(36)32(25)29-30-19-9-6-15(2)12-20(19)31-29/h6-14,25,33-34H,5H2,1-4H3,(H,30,31)/b26-24+. The van der Waals surface area contributed by atoms with Crippen LogP contribution in [0, 0.1) is 6.92 Å². The van der Waals surface area contributed by atoms with Gasteiger partial charge in [-0.3, -0.25) is 14.5 Å². The molecule has 0 radical (unpaired) electrons. The molecule has 1 saturated heterocycles. The monoisotopic (exact) mass is 529 g/mol. The highest BCUT2D eigenvalue weighted by Crippen LogP contribution is 2.45. The molecule has 10 nitrogen and oxygen atoms in total. The van der Waals surface area contributed by atoms with Gasteiger partial charge in [-0.15, -0.1) is 0 Å². The summed E-state index contributed by atoms with van der Waals surface area (Å²) in [7, 11) is 2.90. The number of phenolic OH excluding ortho intramolecular Hbond substituents is 1. The highest BCUT2D eigenvalue weighted by Gasteiger charge is 2.48. The molecule has 1 aliphatic heterocycles. The molecule has 200 valence electrons. The number of rotatable bonds is 7. The van der Waals surface area contributed by atoms with E-state index in [0.717, 1.165) is 5.56 Å². The number of benzene rings is 3. The van der Waals surface area contributed by atoms with Gasteiger partial charge in [-0.05, 0) is 67.4 Å². The lowest BCUT2D eigenvalue weighted by atomic mass is 9.94. The average molecular weight is 530 g/mol. The Bertz CT molecular complexity index is 1640. The highest BCUT2D eigenvalue weighted by atomic mass is 16.5. The quantitative estimate of drug-likeness (QED) is 0.179. The normalized spacial score (nSPS) is 16.6. The molecule has 2 heterocycles. The third-order valence-electron chi connectivity index (χ3n) is 6.56. The fourth-order valence-corrected chi connectivity index (χ4v) is 4.71. The van der Waals surface area contributed by atoms with Crippen LogP contribution in [0.1, 0.15) is 29.7 Å². The van der Waals surface area contributed by atoms with Crippen molar-refractivity contribution >= 4 is 34.4 Å². The van der Waals surface area contributed by atoms with Gasteiger partial charge in [-0.25, -0.2) is 4.98 Å². The number of carbonyl (C=O) groups is 2. The van der Waals surface area contributed by atoms with Crippen LogP contribution >= 0.6 is 0 Å². The van der Waals surface area contributed by atoms with Crippen LogP contribution in [0.25, 0.3) is 16.8 Å². The molecule has 3 aromatic carbocycles. The second-order valence-electron chi connectivity index (χ2n) is 8.98. The van der Waals surface area contributed by atoms with E-state index in [2.05, 4.69) is 9.97 Å². The number of hydrogen-bond acceptors (Lipinski definition) is 8. The Morgan fingerprint density at radius 1 is 1.03 bits per heavy atom. The molecule has 1 fully saturated rings. The first-order chi connectivity index (χ1) is 18.8. The first-order valence-corrected chi connectivity index (χ1v) is 12.2. The van der Waals surface area contributed by atoms with Crippen LogP contribution in [0.2, 0.25) is 0 Å². The van der Waals surface area contributed by atoms with Crippen LogP contribution < -0.4 is 19.1 Å². The number of aryl methyl sites for hydroxylation is 1. The molecule has 1 atom stereocenters. The first-order valence-electron chi connectivity index (χ1n) is 12.2. The highest BCUT2D eigenvalue weighted by molar-refractivity contribution is 6.51. The number of aromatic hydroxyl groups is 1. The molecule has 1 aliphatic rings. The predicted molar refractivity (Wildman–Crippen MR) is 144 cm³/mol. The van der Waals surface area contributed by atoms with Gasteiger partial charge in [0.05, 0.1) is 49.0 Å². The molecular formula is C29H27N3O7. The van der Waals surface area contributed by atoms with Gasteiger partial charge in [0.2, 0.25) is 5.95 Å². The van der Waals surface area contributed by atoms with E-state index >= 15 is 0 Å². The van der Waals surface area contributed by atoms with Crippen molar-refractivity contribution in [3.8, 4) is 23.0 Å². The fraction of sp³-hybridized carbons (Fsp3) is 0.207. The van der Waals surface area contributed by atoms with Gasteiger partial charge in [0.15, 0.2) is 11.5 Å². The summed E-state index contributed by atoms with van der Waals surface area (Å²) < 4.78 is 16.3. The van der Waals surface area contributed by atoms with Crippen LogP contribution in [-0.4, -0.2) is 52.7 Å². The van der Waals surface area contributed by atoms with Crippen molar-refractivity contribution in [2.24, 2.45) is 0 Å². The van der Waals surface area contributed by atoms with Gasteiger partial charge in [0, 0.05) is 0 Å². The molecule has 5 rings (SSSR count). The number of carbonyl (C=O) groups excluding carboxylic acids is 2. The third-order valence-corrected chi connectivity index (χ3v) is 6.56. The van der Waals surface area contributed by atoms with Gasteiger partial charge < -0.3 is 29.4 Å². The van der Waals surface area contributed by atoms with Gasteiger partial charge >= 0.3 is 5.91 Å². The van der Waals surface area contributed by atoms with Gasteiger partial charge in [-0.2, -0.15) is 0 Å². The molecule has 1 unspecified atom stereocenters. The van der Waals surface area contributed by atoms with Crippen molar-refractivity contribution in [2.75, 3.05) is 25.7 Å². The number of hydrogen-bond donors (Lipinski definition) is 3. The summed E-state index contributed by atoms with van der Waals surface area (Å²) >= 11 is 0. The number of ether oxygens (including phenoxy) is 3. The molecule has 1 aromatic heterocycles. The lowest BCUT2D eigenvalue weighted by Crippen LogP contribution is -2.30. The summed E-state index contributed by atoms with van der Waals surface area (Å²) in [6.45, 7) is 3.98. The van der Waals surface area contributed by atoms with Crippen LogP contribution in [0.4, 0.5) is 5.95 Å². The summed E-state index contributed by atoms with van der Waals surface area (Å²) in [5.41, 5.74) is 2.67. The summed E-state index contributed by atoms with van der Waals surface area (Å²) in [6, 6.07) is 13.7. The summed E-state index contributed by atoms with van der Waals surface area (Å²) in [4.78, 5) is 36.1. The summed E-state index contributed by atoms with van der Waals surface area (Å²) in [5, 5.41) is 21.9. The Labute approximate surface area is 224 Å². The Morgan fingerprint density at radius 2 is 1.82 bits per heavy atom. The number of nitrogens with one attached hydrogen (secondary N) is 1. The first kappa shape index (κ1) is 25.7. The van der Waals surface area contributed by atoms with Crippen molar-refractivity contribution in [3.05, 3.63) is 76.9 Å². The van der Waals surface area contributed by atoms with Crippen LogP contribution in [-0.2, 0) is 9.59 Å². The number of Topliss-reactive ketones (excluding diaryl/α,β-unsaturated/α-hetero) is 1. The summed E-state index contributed by atoms with van der Waals surface area (Å²) in [6.07, 6.45) is 0. The zero-order chi connectivity index (χ0) is 27.8. The van der Waals surface area contributed by atoms with E-state index in [4.69, 9.17) is 14.2 Å². The number of aromatic nitrogens is 2. The molecular weight excluding hydrogens is 502 g/mol. The number of aliphatic hydroxyl groups is 1. The van der Waals surface area contributed by atoms with Gasteiger partial charge in [0.1, 0.15) is 17.3 Å². The molecule has 0 spiro atoms. The fourth-order valence-electron chi connectivity index (χ4n) is 4.71. The molecule has 3 N–H and O–H groups in total. The maximum Gasteiger partial charge on any atom is 0.302 e. The van der Waals surface area contributed by atoms with E-state index < -0.39 is 23.5 Å². The SMILES string of the molecule is CCOc1cc(C2/C(=C(\O)c3cc(OC)ccc3OC)C(=O)C(=O)N2c2nc3ccc(C)cc3[nH]2)ccc1O. The van der Waals surface area contributed by atoms with E-state index in [-0.39, 0.29) is 40.9 Å². The average Bonchev–Trinajstić information content (AvgIpc) is 3.46. The largest absolute Gasteiger partial charge is 0.507 e. The molecule has 0 saturated carbocycles. The van der Waals surface area contributed by atoms with Crippen molar-refractivity contribution in [1.82, 2.24) is 9.97 Å². The minimum absolute atomic E-state index is 0.105. The third kappa shape index (κ3) is 4.39. The lowest BCUT2D eigenvalue weighted by molar-refractivity contribution is -0.132. The number of anilines is 1. The van der Waals surface area contributed by atoms with E-state index in [1.807, 2.05) is 25.1 Å². The van der Waals surface area contributed by atoms with Crippen molar-refractivity contribution < 1.29 is 34.0 Å². The Kier molecular flexibility index (Phi) is 6.61. The maximum atomic E-state index is 13.6. The Morgan fingerprint density at radius 3 is 2.54 bits per heavy atom. The Hall–Kier alpha value is -4.99. The summed E-state index contributed by atoms with van der Waals surface area (Å²) in [5.74, 6) is -1.36. The number of H-pyrrole nitrogens is 1. The number of ketones is 1. The minimum Gasteiger partial charge on any atom is -0.507 e. The van der Waals surface area contributed by atoms with Crippen LogP contribution in [0.15, 0.2) is 60.2 Å². The number of aromatic amines is 1. The molecule has 0 aliphatic carbocycles. The number of imidazole rings is 1. The van der Waals surface area contributed by atoms with Crippen molar-refractivity contribution in [3.63, 3.8) is 0 Å². The zero-order valence-electron chi connectivity index (χ0n) is 21.8.